The molecule has 2 N–H and O–H groups in total. The molecule has 0 saturated heterocycles. The lowest BCUT2D eigenvalue weighted by Crippen LogP contribution is -2.20. The van der Waals surface area contributed by atoms with E-state index in [-0.39, 0.29) is 30.8 Å². The molecule has 0 aliphatic heterocycles. The Morgan fingerprint density at radius 1 is 1.52 bits per heavy atom. The molecule has 1 atom stereocenters. The van der Waals surface area contributed by atoms with Crippen LogP contribution in [0.5, 0.6) is 0 Å². The number of carbonyl (C=O) groups is 1. The van der Waals surface area contributed by atoms with Gasteiger partial charge in [-0.1, -0.05) is 0 Å². The number of nitrogens with two attached hydrogens (primary N) is 1. The fraction of sp³-hybridized carbons (Fsp3) is 0.385. The molecular formula is C13H14ClF2N3O2. The molecule has 1 aromatic heterocycles. The molecule has 0 saturated carbocycles. The Morgan fingerprint density at radius 2 is 2.24 bits per heavy atom. The number of rotatable bonds is 6. The largest absolute Gasteiger partial charge is 0.370 e. The number of nitrogens with zero attached hydrogens (tertiary/aromatic N) is 2. The van der Waals surface area contributed by atoms with E-state index in [0.29, 0.717) is 5.82 Å². The molecule has 2 rings (SSSR count). The number of imidazole rings is 1. The van der Waals surface area contributed by atoms with E-state index in [2.05, 4.69) is 4.98 Å². The first-order valence-electron chi connectivity index (χ1n) is 6.25. The summed E-state index contributed by atoms with van der Waals surface area (Å²) in [5.41, 5.74) is 5.30. The molecule has 1 amide bonds. The summed E-state index contributed by atoms with van der Waals surface area (Å²) in [4.78, 5) is 14.7. The summed E-state index contributed by atoms with van der Waals surface area (Å²) in [5, 5.41) is -0.490. The lowest BCUT2D eigenvalue weighted by Gasteiger charge is -2.10. The van der Waals surface area contributed by atoms with Gasteiger partial charge in [0.1, 0.15) is 23.8 Å². The van der Waals surface area contributed by atoms with Crippen LogP contribution in [0.15, 0.2) is 12.1 Å². The fourth-order valence-corrected chi connectivity index (χ4v) is 2.20. The monoisotopic (exact) mass is 317 g/mol. The number of ether oxygens (including phenoxy) is 1. The Morgan fingerprint density at radius 3 is 2.86 bits per heavy atom. The Bertz CT molecular complexity index is 673. The molecular weight excluding hydrogens is 304 g/mol. The summed E-state index contributed by atoms with van der Waals surface area (Å²) in [6.45, 7) is 1.85. The molecule has 0 fully saturated rings. The SMILES string of the molecule is CC(Cl)c1nc2c(F)cc(F)cc2n1CCOCC(N)=O. The number of amides is 1. The molecule has 21 heavy (non-hydrogen) atoms. The van der Waals surface area contributed by atoms with E-state index in [4.69, 9.17) is 22.1 Å². The smallest absolute Gasteiger partial charge is 0.243 e. The highest BCUT2D eigenvalue weighted by atomic mass is 35.5. The van der Waals surface area contributed by atoms with Gasteiger partial charge < -0.3 is 15.0 Å². The van der Waals surface area contributed by atoms with Gasteiger partial charge in [-0.05, 0) is 13.0 Å². The average Bonchev–Trinajstić information content (AvgIpc) is 2.73. The van der Waals surface area contributed by atoms with Crippen molar-refractivity contribution in [2.24, 2.45) is 5.73 Å². The van der Waals surface area contributed by atoms with Crippen LogP contribution in [-0.2, 0) is 16.1 Å². The van der Waals surface area contributed by atoms with Crippen LogP contribution in [0.2, 0.25) is 0 Å². The van der Waals surface area contributed by atoms with Crippen molar-refractivity contribution in [2.45, 2.75) is 18.8 Å². The lowest BCUT2D eigenvalue weighted by molar-refractivity contribution is -0.122. The Kier molecular flexibility index (Phi) is 4.74. The molecule has 1 aromatic carbocycles. The van der Waals surface area contributed by atoms with Crippen molar-refractivity contribution in [1.29, 1.82) is 0 Å². The van der Waals surface area contributed by atoms with Crippen LogP contribution < -0.4 is 5.73 Å². The first-order valence-corrected chi connectivity index (χ1v) is 6.69. The van der Waals surface area contributed by atoms with E-state index in [1.807, 2.05) is 0 Å². The van der Waals surface area contributed by atoms with Crippen LogP contribution >= 0.6 is 11.6 Å². The third kappa shape index (κ3) is 3.48. The Hall–Kier alpha value is -1.73. The maximum absolute atomic E-state index is 13.7. The van der Waals surface area contributed by atoms with E-state index in [1.165, 1.54) is 6.07 Å². The minimum Gasteiger partial charge on any atom is -0.370 e. The van der Waals surface area contributed by atoms with Crippen molar-refractivity contribution < 1.29 is 18.3 Å². The van der Waals surface area contributed by atoms with E-state index in [0.717, 1.165) is 6.07 Å². The number of alkyl halides is 1. The summed E-state index contributed by atoms with van der Waals surface area (Å²) in [6, 6.07) is 1.95. The third-order valence-electron chi connectivity index (χ3n) is 2.86. The number of primary amides is 1. The standard InChI is InChI=1S/C13H14ClF2N3O2/c1-7(14)13-18-12-9(16)4-8(15)5-10(12)19(13)2-3-21-6-11(17)20/h4-5,7H,2-3,6H2,1H3,(H2,17,20). The minimum atomic E-state index is -0.750. The first-order chi connectivity index (χ1) is 9.90. The van der Waals surface area contributed by atoms with Crippen LogP contribution in [0, 0.1) is 11.6 Å². The van der Waals surface area contributed by atoms with Gasteiger partial charge in [-0.3, -0.25) is 4.79 Å². The Balaban J connectivity index is 2.34. The molecule has 0 radical (unpaired) electrons. The highest BCUT2D eigenvalue weighted by molar-refractivity contribution is 6.20. The lowest BCUT2D eigenvalue weighted by atomic mass is 10.3. The van der Waals surface area contributed by atoms with Gasteiger partial charge in [0, 0.05) is 12.6 Å². The summed E-state index contributed by atoms with van der Waals surface area (Å²) in [6.07, 6.45) is 0. The minimum absolute atomic E-state index is 0.0498. The number of halogens is 3. The highest BCUT2D eigenvalue weighted by Crippen LogP contribution is 2.26. The highest BCUT2D eigenvalue weighted by Gasteiger charge is 2.18. The topological polar surface area (TPSA) is 70.1 Å². The number of benzene rings is 1. The molecule has 8 heteroatoms. The molecule has 0 bridgehead atoms. The summed E-state index contributed by atoms with van der Waals surface area (Å²) < 4.78 is 33.8. The van der Waals surface area contributed by atoms with Crippen molar-refractivity contribution in [3.8, 4) is 0 Å². The third-order valence-corrected chi connectivity index (χ3v) is 3.06. The number of aromatic nitrogens is 2. The summed E-state index contributed by atoms with van der Waals surface area (Å²) in [7, 11) is 0. The van der Waals surface area contributed by atoms with Gasteiger partial charge >= 0.3 is 0 Å². The van der Waals surface area contributed by atoms with Crippen LogP contribution in [-0.4, -0.2) is 28.7 Å². The number of hydrogen-bond acceptors (Lipinski definition) is 3. The second-order valence-electron chi connectivity index (χ2n) is 4.51. The van der Waals surface area contributed by atoms with E-state index in [9.17, 15) is 13.6 Å². The summed E-state index contributed by atoms with van der Waals surface area (Å²) >= 11 is 6.02. The van der Waals surface area contributed by atoms with Crippen molar-refractivity contribution in [2.75, 3.05) is 13.2 Å². The zero-order chi connectivity index (χ0) is 15.6. The van der Waals surface area contributed by atoms with Crippen LogP contribution in [0.4, 0.5) is 8.78 Å². The molecule has 0 aliphatic carbocycles. The predicted molar refractivity (Wildman–Crippen MR) is 73.9 cm³/mol. The normalized spacial score (nSPS) is 12.8. The van der Waals surface area contributed by atoms with Gasteiger partial charge in [0.2, 0.25) is 5.91 Å². The van der Waals surface area contributed by atoms with Gasteiger partial charge in [0.15, 0.2) is 5.82 Å². The first kappa shape index (κ1) is 15.7. The quantitative estimate of drug-likeness (QED) is 0.655. The summed E-state index contributed by atoms with van der Waals surface area (Å²) in [5.74, 6) is -1.64. The van der Waals surface area contributed by atoms with Gasteiger partial charge in [0.25, 0.3) is 0 Å². The van der Waals surface area contributed by atoms with Crippen LogP contribution in [0.1, 0.15) is 18.1 Å². The molecule has 2 aromatic rings. The fourth-order valence-electron chi connectivity index (χ4n) is 2.03. The number of hydrogen-bond donors (Lipinski definition) is 1. The van der Waals surface area contributed by atoms with Gasteiger partial charge in [-0.15, -0.1) is 11.6 Å². The predicted octanol–water partition coefficient (Wildman–Crippen LogP) is 2.12. The average molecular weight is 318 g/mol. The van der Waals surface area contributed by atoms with E-state index in [1.54, 1.807) is 11.5 Å². The molecule has 1 heterocycles. The maximum Gasteiger partial charge on any atom is 0.243 e. The van der Waals surface area contributed by atoms with Gasteiger partial charge in [-0.2, -0.15) is 0 Å². The second-order valence-corrected chi connectivity index (χ2v) is 5.17. The van der Waals surface area contributed by atoms with E-state index >= 15 is 0 Å². The van der Waals surface area contributed by atoms with Crippen molar-refractivity contribution in [1.82, 2.24) is 9.55 Å². The molecule has 1 unspecified atom stereocenters. The molecule has 0 aliphatic rings. The van der Waals surface area contributed by atoms with E-state index < -0.39 is 22.9 Å². The molecule has 0 spiro atoms. The maximum atomic E-state index is 13.7. The van der Waals surface area contributed by atoms with Crippen molar-refractivity contribution in [3.05, 3.63) is 29.6 Å². The van der Waals surface area contributed by atoms with Crippen LogP contribution in [0.25, 0.3) is 11.0 Å². The van der Waals surface area contributed by atoms with Crippen molar-refractivity contribution >= 4 is 28.5 Å². The number of fused-ring (bicyclic) bond motifs is 1. The van der Waals surface area contributed by atoms with Crippen LogP contribution in [0.3, 0.4) is 0 Å². The van der Waals surface area contributed by atoms with Gasteiger partial charge in [-0.25, -0.2) is 13.8 Å². The van der Waals surface area contributed by atoms with Crippen molar-refractivity contribution in [3.63, 3.8) is 0 Å². The molecule has 5 nitrogen and oxygen atoms in total. The Labute approximate surface area is 124 Å². The number of carbonyl (C=O) groups excluding carboxylic acids is 1. The zero-order valence-electron chi connectivity index (χ0n) is 11.3. The second kappa shape index (κ2) is 6.36. The molecule has 114 valence electrons. The zero-order valence-corrected chi connectivity index (χ0v) is 12.0. The van der Waals surface area contributed by atoms with Gasteiger partial charge in [0.05, 0.1) is 17.5 Å².